The summed E-state index contributed by atoms with van der Waals surface area (Å²) in [5, 5.41) is 10.8. The van der Waals surface area contributed by atoms with E-state index in [0.29, 0.717) is 0 Å². The number of aromatic nitrogens is 1. The molecule has 0 aliphatic rings. The lowest BCUT2D eigenvalue weighted by molar-refractivity contribution is -0.612. The number of halogens is 1. The van der Waals surface area contributed by atoms with Crippen LogP contribution in [0.5, 0.6) is 0 Å². The lowest BCUT2D eigenvalue weighted by Gasteiger charge is -1.98. The third-order valence-corrected chi connectivity index (χ3v) is 1.26. The zero-order valence-electron chi connectivity index (χ0n) is 6.00. The molecule has 2 nitrogen and oxygen atoms in total. The van der Waals surface area contributed by atoms with E-state index in [2.05, 4.69) is 0 Å². The van der Waals surface area contributed by atoms with Crippen molar-refractivity contribution in [1.29, 1.82) is 0 Å². The minimum absolute atomic E-state index is 0. The van der Waals surface area contributed by atoms with Crippen molar-refractivity contribution in [2.45, 2.75) is 13.8 Å². The molecule has 0 radical (unpaired) electrons. The Labute approximate surface area is 66.5 Å². The van der Waals surface area contributed by atoms with Crippen LogP contribution in [0.25, 0.3) is 0 Å². The first kappa shape index (κ1) is 9.24. The second-order valence-corrected chi connectivity index (χ2v) is 2.17. The predicted molar refractivity (Wildman–Crippen MR) is 42.1 cm³/mol. The van der Waals surface area contributed by atoms with E-state index in [9.17, 15) is 5.21 Å². The topological polar surface area (TPSA) is 26.9 Å². The number of nitrogens with zero attached hydrogens (tertiary/aromatic N) is 1. The molecule has 0 atom stereocenters. The van der Waals surface area contributed by atoms with Crippen LogP contribution < -0.4 is 4.73 Å². The van der Waals surface area contributed by atoms with Gasteiger partial charge in [0.05, 0.1) is 0 Å². The van der Waals surface area contributed by atoms with Gasteiger partial charge in [-0.15, -0.1) is 12.4 Å². The molecule has 0 aliphatic carbocycles. The normalized spacial score (nSPS) is 8.60. The molecule has 0 saturated heterocycles. The zero-order chi connectivity index (χ0) is 6.85. The molecule has 0 unspecified atom stereocenters. The molecule has 56 valence electrons. The minimum atomic E-state index is 0. The minimum Gasteiger partial charge on any atom is -0.619 e. The highest BCUT2D eigenvalue weighted by Crippen LogP contribution is 1.92. The highest BCUT2D eigenvalue weighted by Gasteiger charge is 1.94. The SMILES string of the molecule is Cc1ccc(C)[n+]([O-])c1.Cl. The van der Waals surface area contributed by atoms with Crippen LogP contribution in [0.15, 0.2) is 18.3 Å². The Hall–Kier alpha value is -0.760. The van der Waals surface area contributed by atoms with Crippen LogP contribution in [0.1, 0.15) is 11.3 Å². The number of aryl methyl sites for hydroxylation is 2. The van der Waals surface area contributed by atoms with Gasteiger partial charge in [-0.05, 0) is 13.0 Å². The van der Waals surface area contributed by atoms with Gasteiger partial charge in [0.2, 0.25) is 0 Å². The lowest BCUT2D eigenvalue weighted by Crippen LogP contribution is -2.29. The Morgan fingerprint density at radius 1 is 1.30 bits per heavy atom. The maximum absolute atomic E-state index is 10.8. The maximum atomic E-state index is 10.8. The number of hydrogen-bond acceptors (Lipinski definition) is 1. The molecule has 0 aliphatic heterocycles. The van der Waals surface area contributed by atoms with Crippen LogP contribution in [0.4, 0.5) is 0 Å². The van der Waals surface area contributed by atoms with Crippen molar-refractivity contribution >= 4 is 12.4 Å². The van der Waals surface area contributed by atoms with Crippen molar-refractivity contribution in [3.05, 3.63) is 34.8 Å². The molecule has 0 N–H and O–H groups in total. The Kier molecular flexibility index (Phi) is 3.16. The van der Waals surface area contributed by atoms with Gasteiger partial charge in [0.25, 0.3) is 0 Å². The van der Waals surface area contributed by atoms with Crippen molar-refractivity contribution in [3.63, 3.8) is 0 Å². The van der Waals surface area contributed by atoms with Crippen LogP contribution in [0.2, 0.25) is 0 Å². The van der Waals surface area contributed by atoms with Crippen LogP contribution in [0, 0.1) is 19.1 Å². The molecule has 0 bridgehead atoms. The second kappa shape index (κ2) is 3.42. The van der Waals surface area contributed by atoms with Gasteiger partial charge >= 0.3 is 0 Å². The molecule has 1 aromatic rings. The van der Waals surface area contributed by atoms with Crippen LogP contribution in [0.3, 0.4) is 0 Å². The lowest BCUT2D eigenvalue weighted by atomic mass is 10.3. The summed E-state index contributed by atoms with van der Waals surface area (Å²) < 4.78 is 0.870. The summed E-state index contributed by atoms with van der Waals surface area (Å²) in [7, 11) is 0. The highest BCUT2D eigenvalue weighted by molar-refractivity contribution is 5.85. The number of pyridine rings is 1. The number of hydrogen-bond donors (Lipinski definition) is 0. The van der Waals surface area contributed by atoms with E-state index in [1.54, 1.807) is 13.1 Å². The summed E-state index contributed by atoms with van der Waals surface area (Å²) in [4.78, 5) is 0. The maximum Gasteiger partial charge on any atom is 0.189 e. The fourth-order valence-electron chi connectivity index (χ4n) is 0.655. The van der Waals surface area contributed by atoms with Gasteiger partial charge in [0, 0.05) is 18.6 Å². The fourth-order valence-corrected chi connectivity index (χ4v) is 0.655. The first-order valence-corrected chi connectivity index (χ1v) is 2.86. The molecule has 0 aromatic carbocycles. The van der Waals surface area contributed by atoms with Gasteiger partial charge in [-0.3, -0.25) is 0 Å². The van der Waals surface area contributed by atoms with E-state index in [-0.39, 0.29) is 12.4 Å². The van der Waals surface area contributed by atoms with E-state index in [1.165, 1.54) is 0 Å². The third kappa shape index (κ3) is 1.88. The Morgan fingerprint density at radius 2 is 1.90 bits per heavy atom. The average Bonchev–Trinajstić information content (AvgIpc) is 1.80. The first-order valence-electron chi connectivity index (χ1n) is 2.86. The van der Waals surface area contributed by atoms with Gasteiger partial charge in [-0.1, -0.05) is 0 Å². The molecular formula is C7H10ClNO. The van der Waals surface area contributed by atoms with Gasteiger partial charge in [0.1, 0.15) is 0 Å². The largest absolute Gasteiger partial charge is 0.619 e. The van der Waals surface area contributed by atoms with E-state index < -0.39 is 0 Å². The molecule has 0 saturated carbocycles. The standard InChI is InChI=1S/C7H9NO.ClH/c1-6-3-4-7(2)8(9)5-6;/h3-5H,1-2H3;1H. The summed E-state index contributed by atoms with van der Waals surface area (Å²) >= 11 is 0. The van der Waals surface area contributed by atoms with Crippen LogP contribution in [-0.2, 0) is 0 Å². The summed E-state index contributed by atoms with van der Waals surface area (Å²) in [6, 6.07) is 3.73. The van der Waals surface area contributed by atoms with E-state index >= 15 is 0 Å². The quantitative estimate of drug-likeness (QED) is 0.415. The molecule has 0 spiro atoms. The Bertz CT molecular complexity index is 225. The van der Waals surface area contributed by atoms with Crippen molar-refractivity contribution in [1.82, 2.24) is 0 Å². The smallest absolute Gasteiger partial charge is 0.189 e. The summed E-state index contributed by atoms with van der Waals surface area (Å²) in [6.45, 7) is 3.68. The van der Waals surface area contributed by atoms with Crippen molar-refractivity contribution in [2.24, 2.45) is 0 Å². The van der Waals surface area contributed by atoms with E-state index in [4.69, 9.17) is 0 Å². The van der Waals surface area contributed by atoms with Crippen molar-refractivity contribution < 1.29 is 4.73 Å². The average molecular weight is 160 g/mol. The Morgan fingerprint density at radius 3 is 2.30 bits per heavy atom. The Balaban J connectivity index is 0.000000810. The predicted octanol–water partition coefficient (Wildman–Crippen LogP) is 1.36. The molecule has 10 heavy (non-hydrogen) atoms. The first-order chi connectivity index (χ1) is 4.20. The molecule has 1 rings (SSSR count). The van der Waals surface area contributed by atoms with Gasteiger partial charge < -0.3 is 5.21 Å². The third-order valence-electron chi connectivity index (χ3n) is 1.26. The van der Waals surface area contributed by atoms with Crippen LogP contribution in [-0.4, -0.2) is 0 Å². The summed E-state index contributed by atoms with van der Waals surface area (Å²) in [6.07, 6.45) is 1.56. The highest BCUT2D eigenvalue weighted by atomic mass is 35.5. The molecule has 1 aromatic heterocycles. The second-order valence-electron chi connectivity index (χ2n) is 2.17. The fraction of sp³-hybridized carbons (Fsp3) is 0.286. The zero-order valence-corrected chi connectivity index (χ0v) is 6.81. The molecule has 0 amide bonds. The van der Waals surface area contributed by atoms with Crippen molar-refractivity contribution in [3.8, 4) is 0 Å². The summed E-state index contributed by atoms with van der Waals surface area (Å²) in [5.41, 5.74) is 1.73. The molecular weight excluding hydrogens is 150 g/mol. The van der Waals surface area contributed by atoms with Gasteiger partial charge in [-0.25, -0.2) is 0 Å². The summed E-state index contributed by atoms with van der Waals surface area (Å²) in [5.74, 6) is 0. The molecule has 0 fully saturated rings. The van der Waals surface area contributed by atoms with Crippen molar-refractivity contribution in [2.75, 3.05) is 0 Å². The van der Waals surface area contributed by atoms with Gasteiger partial charge in [-0.2, -0.15) is 4.73 Å². The molecule has 3 heteroatoms. The van der Waals surface area contributed by atoms with E-state index in [1.807, 2.05) is 19.1 Å². The number of rotatable bonds is 0. The van der Waals surface area contributed by atoms with Gasteiger partial charge in [0.15, 0.2) is 11.9 Å². The van der Waals surface area contributed by atoms with Crippen LogP contribution >= 0.6 is 12.4 Å². The monoisotopic (exact) mass is 159 g/mol. The molecule has 1 heterocycles. The van der Waals surface area contributed by atoms with E-state index in [0.717, 1.165) is 16.0 Å².